The molecule has 11 nitrogen and oxygen atoms in total. The van der Waals surface area contributed by atoms with Crippen LogP contribution in [0, 0.1) is 0 Å². The summed E-state index contributed by atoms with van der Waals surface area (Å²) in [6.07, 6.45) is 1.40. The molecule has 0 saturated heterocycles. The van der Waals surface area contributed by atoms with Gasteiger partial charge in [0.25, 0.3) is 0 Å². The first-order chi connectivity index (χ1) is 14.1. The third-order valence-electron chi connectivity index (χ3n) is 4.60. The fourth-order valence-electron chi connectivity index (χ4n) is 2.93. The number of carbonyl (C=O) groups is 4. The van der Waals surface area contributed by atoms with E-state index in [1.54, 1.807) is 0 Å². The molecule has 0 unspecified atom stereocenters. The van der Waals surface area contributed by atoms with Crippen molar-refractivity contribution in [2.75, 3.05) is 59.4 Å². The molecule has 198 valence electrons. The van der Waals surface area contributed by atoms with Crippen molar-refractivity contribution in [3.63, 3.8) is 0 Å². The fraction of sp³-hybridized carbons (Fsp3) is 0.789. The molecule has 0 aromatic carbocycles. The number of aliphatic carboxylic acids is 4. The van der Waals surface area contributed by atoms with Crippen LogP contribution in [0.15, 0.2) is 0 Å². The number of nitrogens with zero attached hydrogens (tertiary/aromatic N) is 3. The molecule has 4 N–H and O–H groups in total. The van der Waals surface area contributed by atoms with E-state index < -0.39 is 23.9 Å². The van der Waals surface area contributed by atoms with Crippen molar-refractivity contribution in [1.82, 2.24) is 14.7 Å². The molecule has 0 aliphatic rings. The van der Waals surface area contributed by atoms with E-state index in [9.17, 15) is 19.2 Å². The number of hydrogen-bond donors (Lipinski definition) is 4. The van der Waals surface area contributed by atoms with Crippen molar-refractivity contribution in [3.8, 4) is 0 Å². The highest BCUT2D eigenvalue weighted by atomic mass is 35.5. The molecular weight excluding hydrogens is 505 g/mol. The second-order valence-corrected chi connectivity index (χ2v) is 7.27. The first kappa shape index (κ1) is 38.9. The maximum absolute atomic E-state index is 10.7. The zero-order valence-corrected chi connectivity index (χ0v) is 21.3. The highest BCUT2D eigenvalue weighted by Crippen LogP contribution is 2.01. The molecule has 0 atom stereocenters. The summed E-state index contributed by atoms with van der Waals surface area (Å²) in [7, 11) is 1.94. The maximum Gasteiger partial charge on any atom is 0.304 e. The second-order valence-electron chi connectivity index (χ2n) is 7.27. The lowest BCUT2D eigenvalue weighted by Crippen LogP contribution is -2.34. The van der Waals surface area contributed by atoms with Crippen molar-refractivity contribution in [2.45, 2.75) is 38.5 Å². The number of hydrogen-bond acceptors (Lipinski definition) is 7. The van der Waals surface area contributed by atoms with Crippen LogP contribution in [0.5, 0.6) is 0 Å². The van der Waals surface area contributed by atoms with Crippen molar-refractivity contribution in [1.29, 1.82) is 0 Å². The van der Waals surface area contributed by atoms with E-state index in [1.807, 2.05) is 16.8 Å². The summed E-state index contributed by atoms with van der Waals surface area (Å²) in [6, 6.07) is 0. The normalized spacial score (nSPS) is 10.3. The first-order valence-electron chi connectivity index (χ1n) is 10.1. The molecular formula is C19H38Cl3N3O8. The second kappa shape index (κ2) is 23.8. The van der Waals surface area contributed by atoms with Gasteiger partial charge in [0.1, 0.15) is 0 Å². The molecule has 0 fully saturated rings. The van der Waals surface area contributed by atoms with Crippen molar-refractivity contribution < 1.29 is 39.6 Å². The maximum atomic E-state index is 10.7. The molecule has 0 radical (unpaired) electrons. The highest BCUT2D eigenvalue weighted by molar-refractivity contribution is 5.86. The van der Waals surface area contributed by atoms with E-state index in [-0.39, 0.29) is 62.9 Å². The molecule has 14 heteroatoms. The SMILES string of the molecule is CN(CCCN(CCC(=O)O)CCC(=O)O)CCCN(CCC(=O)O)CCC(=O)O.Cl.Cl.Cl. The average Bonchev–Trinajstić information content (AvgIpc) is 2.64. The van der Waals surface area contributed by atoms with E-state index in [1.165, 1.54) is 0 Å². The van der Waals surface area contributed by atoms with Crippen molar-refractivity contribution in [3.05, 3.63) is 0 Å². The number of halogens is 3. The summed E-state index contributed by atoms with van der Waals surface area (Å²) < 4.78 is 0. The van der Waals surface area contributed by atoms with Gasteiger partial charge in [0.05, 0.1) is 25.7 Å². The third kappa shape index (κ3) is 26.8. The van der Waals surface area contributed by atoms with Crippen LogP contribution in [0.1, 0.15) is 38.5 Å². The van der Waals surface area contributed by atoms with Crippen LogP contribution in [0.2, 0.25) is 0 Å². The molecule has 0 aliphatic carbocycles. The van der Waals surface area contributed by atoms with Crippen molar-refractivity contribution in [2.24, 2.45) is 0 Å². The summed E-state index contributed by atoms with van der Waals surface area (Å²) in [5, 5.41) is 35.2. The van der Waals surface area contributed by atoms with Gasteiger partial charge in [0.15, 0.2) is 0 Å². The van der Waals surface area contributed by atoms with Gasteiger partial charge in [-0.3, -0.25) is 19.2 Å². The van der Waals surface area contributed by atoms with Gasteiger partial charge in [-0.1, -0.05) is 0 Å². The van der Waals surface area contributed by atoms with Crippen LogP contribution in [-0.4, -0.2) is 118 Å². The zero-order chi connectivity index (χ0) is 22.9. The summed E-state index contributed by atoms with van der Waals surface area (Å²) >= 11 is 0. The molecule has 0 aromatic heterocycles. The van der Waals surface area contributed by atoms with Crippen LogP contribution in [0.25, 0.3) is 0 Å². The van der Waals surface area contributed by atoms with E-state index in [0.717, 1.165) is 25.9 Å². The van der Waals surface area contributed by atoms with E-state index in [4.69, 9.17) is 20.4 Å². The smallest absolute Gasteiger partial charge is 0.304 e. The lowest BCUT2D eigenvalue weighted by atomic mass is 10.2. The Hall–Kier alpha value is -1.37. The predicted octanol–water partition coefficient (Wildman–Crippen LogP) is 1.47. The predicted molar refractivity (Wildman–Crippen MR) is 130 cm³/mol. The number of rotatable bonds is 20. The minimum Gasteiger partial charge on any atom is -0.481 e. The molecule has 0 spiro atoms. The Morgan fingerprint density at radius 2 is 0.727 bits per heavy atom. The molecule has 33 heavy (non-hydrogen) atoms. The topological polar surface area (TPSA) is 159 Å². The molecule has 0 saturated carbocycles. The van der Waals surface area contributed by atoms with Gasteiger partial charge in [-0.05, 0) is 46.1 Å². The third-order valence-corrected chi connectivity index (χ3v) is 4.60. The summed E-state index contributed by atoms with van der Waals surface area (Å²) in [4.78, 5) is 48.8. The zero-order valence-electron chi connectivity index (χ0n) is 18.9. The quantitative estimate of drug-likeness (QED) is 0.176. The fourth-order valence-corrected chi connectivity index (χ4v) is 2.93. The monoisotopic (exact) mass is 541 g/mol. The molecule has 0 aromatic rings. The molecule has 0 heterocycles. The highest BCUT2D eigenvalue weighted by Gasteiger charge is 2.12. The van der Waals surface area contributed by atoms with Gasteiger partial charge in [0, 0.05) is 26.2 Å². The Bertz CT molecular complexity index is 476. The Labute approximate surface area is 213 Å². The summed E-state index contributed by atoms with van der Waals surface area (Å²) in [5.41, 5.74) is 0. The Morgan fingerprint density at radius 1 is 0.485 bits per heavy atom. The minimum absolute atomic E-state index is 0. The largest absolute Gasteiger partial charge is 0.481 e. The van der Waals surface area contributed by atoms with Gasteiger partial charge in [-0.2, -0.15) is 0 Å². The van der Waals surface area contributed by atoms with Crippen molar-refractivity contribution >= 4 is 61.1 Å². The summed E-state index contributed by atoms with van der Waals surface area (Å²) in [5.74, 6) is -3.66. The van der Waals surface area contributed by atoms with Crippen LogP contribution in [0.4, 0.5) is 0 Å². The van der Waals surface area contributed by atoms with E-state index in [2.05, 4.69) is 4.90 Å². The Kier molecular flexibility index (Phi) is 28.0. The summed E-state index contributed by atoms with van der Waals surface area (Å²) in [6.45, 7) is 3.97. The Morgan fingerprint density at radius 3 is 0.939 bits per heavy atom. The average molecular weight is 543 g/mol. The minimum atomic E-state index is -0.914. The van der Waals surface area contributed by atoms with Crippen LogP contribution in [-0.2, 0) is 19.2 Å². The molecule has 0 aliphatic heterocycles. The Balaban J connectivity index is -0.00000140. The lowest BCUT2D eigenvalue weighted by molar-refractivity contribution is -0.139. The van der Waals surface area contributed by atoms with Crippen LogP contribution >= 0.6 is 37.2 Å². The van der Waals surface area contributed by atoms with Gasteiger partial charge < -0.3 is 35.1 Å². The van der Waals surface area contributed by atoms with Gasteiger partial charge in [-0.25, -0.2) is 0 Å². The van der Waals surface area contributed by atoms with Gasteiger partial charge in [-0.15, -0.1) is 37.2 Å². The van der Waals surface area contributed by atoms with Gasteiger partial charge in [0.2, 0.25) is 0 Å². The van der Waals surface area contributed by atoms with Gasteiger partial charge >= 0.3 is 23.9 Å². The molecule has 0 bridgehead atoms. The molecule has 0 rings (SSSR count). The molecule has 0 amide bonds. The first-order valence-corrected chi connectivity index (χ1v) is 10.1. The standard InChI is InChI=1S/C19H35N3O8.3ClH/c1-20(8-2-10-21(12-4-16(23)24)13-5-17(25)26)9-3-11-22(14-6-18(27)28)15-7-19(29)30;;;/h2-15H2,1H3,(H,23,24)(H,25,26)(H,27,28)(H,29,30);3*1H. The van der Waals surface area contributed by atoms with Crippen LogP contribution in [0.3, 0.4) is 0 Å². The number of carboxylic acids is 4. The van der Waals surface area contributed by atoms with E-state index in [0.29, 0.717) is 39.3 Å². The lowest BCUT2D eigenvalue weighted by Gasteiger charge is -2.24. The van der Waals surface area contributed by atoms with E-state index >= 15 is 0 Å². The number of carboxylic acid groups (broad SMARTS) is 4. The van der Waals surface area contributed by atoms with Crippen LogP contribution < -0.4 is 0 Å².